The topological polar surface area (TPSA) is 55.4 Å². The molecule has 2 aromatic rings. The van der Waals surface area contributed by atoms with Crippen LogP contribution in [0.2, 0.25) is 0 Å². The number of anilines is 1. The van der Waals surface area contributed by atoms with Crippen molar-refractivity contribution in [3.63, 3.8) is 0 Å². The van der Waals surface area contributed by atoms with Crippen LogP contribution in [0.4, 0.5) is 5.69 Å². The normalized spacial score (nSPS) is 10.2. The number of benzene rings is 2. The highest BCUT2D eigenvalue weighted by Gasteiger charge is 2.08. The first-order chi connectivity index (χ1) is 11.1. The van der Waals surface area contributed by atoms with Gasteiger partial charge in [0.1, 0.15) is 5.75 Å². The van der Waals surface area contributed by atoms with E-state index in [0.29, 0.717) is 24.8 Å². The number of Topliss-reactive ketones (excluding diaryl/α,β-unsaturated/α-hetero) is 1. The zero-order chi connectivity index (χ0) is 16.7. The van der Waals surface area contributed by atoms with E-state index in [2.05, 4.69) is 21.2 Å². The van der Waals surface area contributed by atoms with E-state index < -0.39 is 0 Å². The van der Waals surface area contributed by atoms with Gasteiger partial charge in [-0.15, -0.1) is 0 Å². The Morgan fingerprint density at radius 1 is 1.00 bits per heavy atom. The van der Waals surface area contributed by atoms with Gasteiger partial charge in [-0.3, -0.25) is 9.59 Å². The van der Waals surface area contributed by atoms with E-state index in [9.17, 15) is 9.59 Å². The van der Waals surface area contributed by atoms with Gasteiger partial charge in [-0.1, -0.05) is 28.1 Å². The standard InChI is InChI=1S/C18H18BrNO3/c1-23-16-11-9-15(10-12-16)20-18(22)4-2-3-17(21)13-5-7-14(19)8-6-13/h5-12H,2-4H2,1H3,(H,20,22). The van der Waals surface area contributed by atoms with Crippen molar-refractivity contribution in [1.29, 1.82) is 0 Å². The highest BCUT2D eigenvalue weighted by atomic mass is 79.9. The zero-order valence-electron chi connectivity index (χ0n) is 12.8. The van der Waals surface area contributed by atoms with Gasteiger partial charge in [0.15, 0.2) is 5.78 Å². The van der Waals surface area contributed by atoms with Gasteiger partial charge < -0.3 is 10.1 Å². The molecule has 2 rings (SSSR count). The third-order valence-electron chi connectivity index (χ3n) is 3.35. The van der Waals surface area contributed by atoms with E-state index in [0.717, 1.165) is 15.9 Å². The number of carbonyl (C=O) groups excluding carboxylic acids is 2. The van der Waals surface area contributed by atoms with Gasteiger partial charge in [-0.05, 0) is 42.8 Å². The molecule has 0 aliphatic carbocycles. The summed E-state index contributed by atoms with van der Waals surface area (Å²) in [5.74, 6) is 0.691. The number of ether oxygens (including phenoxy) is 1. The monoisotopic (exact) mass is 375 g/mol. The van der Waals surface area contributed by atoms with Crippen LogP contribution in [0.3, 0.4) is 0 Å². The second-order valence-corrected chi connectivity index (χ2v) is 5.98. The van der Waals surface area contributed by atoms with Crippen LogP contribution in [0.1, 0.15) is 29.6 Å². The molecule has 5 heteroatoms. The fraction of sp³-hybridized carbons (Fsp3) is 0.222. The largest absolute Gasteiger partial charge is 0.497 e. The first-order valence-corrected chi connectivity index (χ1v) is 8.10. The first-order valence-electron chi connectivity index (χ1n) is 7.31. The number of hydrogen-bond donors (Lipinski definition) is 1. The predicted octanol–water partition coefficient (Wildman–Crippen LogP) is 4.45. The highest BCUT2D eigenvalue weighted by Crippen LogP contribution is 2.16. The predicted molar refractivity (Wildman–Crippen MR) is 93.9 cm³/mol. The van der Waals surface area contributed by atoms with Gasteiger partial charge >= 0.3 is 0 Å². The number of methoxy groups -OCH3 is 1. The Hall–Kier alpha value is -2.14. The average Bonchev–Trinajstić information content (AvgIpc) is 2.56. The minimum Gasteiger partial charge on any atom is -0.497 e. The molecule has 0 aliphatic heterocycles. The number of ketones is 1. The van der Waals surface area contributed by atoms with Crippen LogP contribution in [0.15, 0.2) is 53.0 Å². The quantitative estimate of drug-likeness (QED) is 0.727. The molecule has 0 bridgehead atoms. The third-order valence-corrected chi connectivity index (χ3v) is 3.88. The molecule has 0 aromatic heterocycles. The van der Waals surface area contributed by atoms with Gasteiger partial charge in [0.05, 0.1) is 7.11 Å². The van der Waals surface area contributed by atoms with Crippen LogP contribution in [0, 0.1) is 0 Å². The maximum absolute atomic E-state index is 12.0. The Kier molecular flexibility index (Phi) is 6.35. The van der Waals surface area contributed by atoms with Crippen LogP contribution in [-0.4, -0.2) is 18.8 Å². The number of amides is 1. The number of halogens is 1. The molecule has 0 saturated carbocycles. The summed E-state index contributed by atoms with van der Waals surface area (Å²) in [7, 11) is 1.59. The van der Waals surface area contributed by atoms with Crippen LogP contribution >= 0.6 is 15.9 Å². The molecule has 0 heterocycles. The van der Waals surface area contributed by atoms with Gasteiger partial charge in [0, 0.05) is 28.6 Å². The van der Waals surface area contributed by atoms with Crippen molar-refractivity contribution in [2.24, 2.45) is 0 Å². The SMILES string of the molecule is COc1ccc(NC(=O)CCCC(=O)c2ccc(Br)cc2)cc1. The van der Waals surface area contributed by atoms with Crippen molar-refractivity contribution < 1.29 is 14.3 Å². The highest BCUT2D eigenvalue weighted by molar-refractivity contribution is 9.10. The van der Waals surface area contributed by atoms with E-state index in [1.54, 1.807) is 43.5 Å². The van der Waals surface area contributed by atoms with Gasteiger partial charge in [0.25, 0.3) is 0 Å². The summed E-state index contributed by atoms with van der Waals surface area (Å²) in [4.78, 5) is 23.9. The van der Waals surface area contributed by atoms with E-state index in [4.69, 9.17) is 4.74 Å². The summed E-state index contributed by atoms with van der Waals surface area (Å²) < 4.78 is 6.00. The smallest absolute Gasteiger partial charge is 0.224 e. The maximum atomic E-state index is 12.0. The molecule has 0 radical (unpaired) electrons. The molecule has 120 valence electrons. The van der Waals surface area contributed by atoms with E-state index >= 15 is 0 Å². The Morgan fingerprint density at radius 2 is 1.65 bits per heavy atom. The number of hydrogen-bond acceptors (Lipinski definition) is 3. The zero-order valence-corrected chi connectivity index (χ0v) is 14.4. The third kappa shape index (κ3) is 5.53. The summed E-state index contributed by atoms with van der Waals surface area (Å²) in [6.45, 7) is 0. The second-order valence-electron chi connectivity index (χ2n) is 5.06. The average molecular weight is 376 g/mol. The van der Waals surface area contributed by atoms with Crippen LogP contribution in [-0.2, 0) is 4.79 Å². The van der Waals surface area contributed by atoms with Crippen molar-refractivity contribution in [2.75, 3.05) is 12.4 Å². The van der Waals surface area contributed by atoms with Crippen LogP contribution < -0.4 is 10.1 Å². The minimum absolute atomic E-state index is 0.0507. The summed E-state index contributed by atoms with van der Waals surface area (Å²) in [6, 6.07) is 14.4. The molecule has 23 heavy (non-hydrogen) atoms. The molecule has 1 amide bonds. The number of rotatable bonds is 7. The molecular formula is C18H18BrNO3. The van der Waals surface area contributed by atoms with E-state index in [1.165, 1.54) is 0 Å². The van der Waals surface area contributed by atoms with E-state index in [-0.39, 0.29) is 11.7 Å². The second kappa shape index (κ2) is 8.48. The van der Waals surface area contributed by atoms with Crippen LogP contribution in [0.5, 0.6) is 5.75 Å². The molecule has 0 fully saturated rings. The molecule has 0 atom stereocenters. The lowest BCUT2D eigenvalue weighted by atomic mass is 10.1. The van der Waals surface area contributed by atoms with E-state index in [1.807, 2.05) is 12.1 Å². The van der Waals surface area contributed by atoms with Crippen molar-refractivity contribution in [3.05, 3.63) is 58.6 Å². The first kappa shape index (κ1) is 17.2. The molecule has 0 unspecified atom stereocenters. The molecule has 0 aliphatic rings. The molecular weight excluding hydrogens is 358 g/mol. The molecule has 1 N–H and O–H groups in total. The summed E-state index contributed by atoms with van der Waals surface area (Å²) in [5, 5.41) is 2.80. The van der Waals surface area contributed by atoms with Gasteiger partial charge in [-0.25, -0.2) is 0 Å². The molecule has 4 nitrogen and oxygen atoms in total. The van der Waals surface area contributed by atoms with Crippen molar-refractivity contribution in [3.8, 4) is 5.75 Å². The van der Waals surface area contributed by atoms with Gasteiger partial charge in [-0.2, -0.15) is 0 Å². The molecule has 0 saturated heterocycles. The Morgan fingerprint density at radius 3 is 2.26 bits per heavy atom. The van der Waals surface area contributed by atoms with Crippen molar-refractivity contribution in [1.82, 2.24) is 0 Å². The summed E-state index contributed by atoms with van der Waals surface area (Å²) in [5.41, 5.74) is 1.39. The van der Waals surface area contributed by atoms with Gasteiger partial charge in [0.2, 0.25) is 5.91 Å². The molecule has 0 spiro atoms. The maximum Gasteiger partial charge on any atom is 0.224 e. The fourth-order valence-electron chi connectivity index (χ4n) is 2.09. The summed E-state index contributed by atoms with van der Waals surface area (Å²) in [6.07, 6.45) is 1.20. The van der Waals surface area contributed by atoms with Crippen LogP contribution in [0.25, 0.3) is 0 Å². The Balaban J connectivity index is 1.75. The Labute approximate surface area is 144 Å². The van der Waals surface area contributed by atoms with Crippen molar-refractivity contribution >= 4 is 33.3 Å². The minimum atomic E-state index is -0.0984. The van der Waals surface area contributed by atoms with Crippen molar-refractivity contribution in [2.45, 2.75) is 19.3 Å². The lowest BCUT2D eigenvalue weighted by Gasteiger charge is -2.06. The number of nitrogens with one attached hydrogen (secondary N) is 1. The number of carbonyl (C=O) groups is 2. The lowest BCUT2D eigenvalue weighted by molar-refractivity contribution is -0.116. The summed E-state index contributed by atoms with van der Waals surface area (Å²) >= 11 is 3.33. The molecule has 2 aromatic carbocycles. The Bertz CT molecular complexity index is 666. The lowest BCUT2D eigenvalue weighted by Crippen LogP contribution is -2.12. The fourth-order valence-corrected chi connectivity index (χ4v) is 2.35.